The average molecular weight is 383 g/mol. The van der Waals surface area contributed by atoms with Crippen LogP contribution in [0.5, 0.6) is 0 Å². The third-order valence-corrected chi connectivity index (χ3v) is 4.66. The van der Waals surface area contributed by atoms with E-state index in [0.29, 0.717) is 19.6 Å². The number of aliphatic imine (C=N–C) groups is 1. The third-order valence-electron chi connectivity index (χ3n) is 4.66. The summed E-state index contributed by atoms with van der Waals surface area (Å²) in [6.07, 6.45) is 2.05. The molecule has 2 aromatic rings. The SMILES string of the molecule is CCNC(=NCc1cc(N(C)C)nc2ccccc12)NCCNC(=O)C1CC1. The number of carbonyl (C=O) groups is 1. The number of aromatic nitrogens is 1. The van der Waals surface area contributed by atoms with Gasteiger partial charge in [0.2, 0.25) is 5.91 Å². The van der Waals surface area contributed by atoms with Gasteiger partial charge in [-0.2, -0.15) is 0 Å². The summed E-state index contributed by atoms with van der Waals surface area (Å²) in [6.45, 7) is 4.61. The molecule has 1 amide bonds. The van der Waals surface area contributed by atoms with Crippen LogP contribution in [-0.2, 0) is 11.3 Å². The minimum Gasteiger partial charge on any atom is -0.363 e. The molecule has 0 bridgehead atoms. The van der Waals surface area contributed by atoms with Gasteiger partial charge in [0.05, 0.1) is 12.1 Å². The Morgan fingerprint density at radius 2 is 1.93 bits per heavy atom. The lowest BCUT2D eigenvalue weighted by atomic mass is 10.1. The van der Waals surface area contributed by atoms with Crippen molar-refractivity contribution in [1.29, 1.82) is 0 Å². The highest BCUT2D eigenvalue weighted by Gasteiger charge is 2.28. The highest BCUT2D eigenvalue weighted by molar-refractivity contribution is 5.85. The Kier molecular flexibility index (Phi) is 6.68. The largest absolute Gasteiger partial charge is 0.363 e. The number of rotatable bonds is 8. The molecule has 1 heterocycles. The molecule has 7 heteroatoms. The predicted molar refractivity (Wildman–Crippen MR) is 115 cm³/mol. The number of hydrogen-bond acceptors (Lipinski definition) is 4. The van der Waals surface area contributed by atoms with Gasteiger partial charge < -0.3 is 20.9 Å². The lowest BCUT2D eigenvalue weighted by Gasteiger charge is -2.15. The van der Waals surface area contributed by atoms with Crippen LogP contribution in [0, 0.1) is 5.92 Å². The summed E-state index contributed by atoms with van der Waals surface area (Å²) < 4.78 is 0. The molecular formula is C21H30N6O. The van der Waals surface area contributed by atoms with Crippen LogP contribution in [0.4, 0.5) is 5.82 Å². The van der Waals surface area contributed by atoms with E-state index >= 15 is 0 Å². The summed E-state index contributed by atoms with van der Waals surface area (Å²) in [4.78, 5) is 23.1. The van der Waals surface area contributed by atoms with E-state index in [9.17, 15) is 4.79 Å². The Morgan fingerprint density at radius 3 is 2.64 bits per heavy atom. The van der Waals surface area contributed by atoms with Gasteiger partial charge in [-0.3, -0.25) is 4.79 Å². The van der Waals surface area contributed by atoms with E-state index in [2.05, 4.69) is 28.1 Å². The highest BCUT2D eigenvalue weighted by Crippen LogP contribution is 2.28. The van der Waals surface area contributed by atoms with Crippen molar-refractivity contribution in [3.05, 3.63) is 35.9 Å². The summed E-state index contributed by atoms with van der Waals surface area (Å²) in [5, 5.41) is 10.6. The standard InChI is InChI=1S/C21H30N6O/c1-4-22-21(24-12-11-23-20(28)15-9-10-15)25-14-16-13-19(27(2)3)26-18-8-6-5-7-17(16)18/h5-8,13,15H,4,9-12,14H2,1-3H3,(H,23,28)(H2,22,24,25). The molecular weight excluding hydrogens is 352 g/mol. The summed E-state index contributed by atoms with van der Waals surface area (Å²) in [6, 6.07) is 10.2. The zero-order valence-electron chi connectivity index (χ0n) is 17.0. The van der Waals surface area contributed by atoms with Gasteiger partial charge in [0.15, 0.2) is 5.96 Å². The van der Waals surface area contributed by atoms with Crippen molar-refractivity contribution in [2.24, 2.45) is 10.9 Å². The van der Waals surface area contributed by atoms with Crippen LogP contribution in [0.1, 0.15) is 25.3 Å². The molecule has 3 N–H and O–H groups in total. The van der Waals surface area contributed by atoms with Gasteiger partial charge in [-0.25, -0.2) is 9.98 Å². The van der Waals surface area contributed by atoms with Crippen LogP contribution in [-0.4, -0.2) is 50.6 Å². The number of amides is 1. The fourth-order valence-electron chi connectivity index (χ4n) is 2.95. The number of fused-ring (bicyclic) bond motifs is 1. The summed E-state index contributed by atoms with van der Waals surface area (Å²) in [7, 11) is 3.98. The Labute approximate surface area is 166 Å². The number of hydrogen-bond donors (Lipinski definition) is 3. The molecule has 0 unspecified atom stereocenters. The molecule has 1 aliphatic carbocycles. The molecule has 0 aliphatic heterocycles. The maximum absolute atomic E-state index is 11.7. The topological polar surface area (TPSA) is 81.7 Å². The van der Waals surface area contributed by atoms with Gasteiger partial charge in [-0.15, -0.1) is 0 Å². The third kappa shape index (κ3) is 5.34. The Hall–Kier alpha value is -2.83. The summed E-state index contributed by atoms with van der Waals surface area (Å²) in [5.41, 5.74) is 2.10. The zero-order chi connectivity index (χ0) is 19.9. The number of anilines is 1. The van der Waals surface area contributed by atoms with Crippen LogP contribution in [0.15, 0.2) is 35.3 Å². The van der Waals surface area contributed by atoms with Crippen molar-refractivity contribution < 1.29 is 4.79 Å². The van der Waals surface area contributed by atoms with Crippen LogP contribution < -0.4 is 20.9 Å². The highest BCUT2D eigenvalue weighted by atomic mass is 16.2. The minimum absolute atomic E-state index is 0.170. The van der Waals surface area contributed by atoms with Crippen LogP contribution in [0.3, 0.4) is 0 Å². The van der Waals surface area contributed by atoms with Gasteiger partial charge in [0, 0.05) is 45.0 Å². The van der Waals surface area contributed by atoms with Crippen LogP contribution in [0.2, 0.25) is 0 Å². The first-order chi connectivity index (χ1) is 13.6. The first kappa shape index (κ1) is 19.9. The van der Waals surface area contributed by atoms with Crippen LogP contribution in [0.25, 0.3) is 10.9 Å². The number of pyridine rings is 1. The minimum atomic E-state index is 0.170. The molecule has 7 nitrogen and oxygen atoms in total. The number of benzene rings is 1. The lowest BCUT2D eigenvalue weighted by molar-refractivity contribution is -0.122. The van der Waals surface area contributed by atoms with Crippen molar-refractivity contribution in [1.82, 2.24) is 20.9 Å². The number of nitrogens with one attached hydrogen (secondary N) is 3. The fraction of sp³-hybridized carbons (Fsp3) is 0.476. The van der Waals surface area contributed by atoms with Gasteiger partial charge in [-0.1, -0.05) is 18.2 Å². The van der Waals surface area contributed by atoms with E-state index in [1.165, 1.54) is 0 Å². The van der Waals surface area contributed by atoms with E-state index in [4.69, 9.17) is 9.98 Å². The van der Waals surface area contributed by atoms with Crippen molar-refractivity contribution in [3.63, 3.8) is 0 Å². The molecule has 3 rings (SSSR count). The molecule has 28 heavy (non-hydrogen) atoms. The quantitative estimate of drug-likeness (QED) is 0.369. The molecule has 1 aromatic carbocycles. The van der Waals surface area contributed by atoms with Crippen molar-refractivity contribution in [2.45, 2.75) is 26.3 Å². The number of carbonyl (C=O) groups excluding carboxylic acids is 1. The van der Waals surface area contributed by atoms with E-state index in [1.54, 1.807) is 0 Å². The molecule has 1 aliphatic rings. The smallest absolute Gasteiger partial charge is 0.223 e. The van der Waals surface area contributed by atoms with E-state index in [0.717, 1.165) is 47.6 Å². The Balaban J connectivity index is 1.66. The molecule has 0 atom stereocenters. The van der Waals surface area contributed by atoms with Crippen molar-refractivity contribution in [3.8, 4) is 0 Å². The van der Waals surface area contributed by atoms with E-state index < -0.39 is 0 Å². The van der Waals surface area contributed by atoms with Gasteiger partial charge >= 0.3 is 0 Å². The summed E-state index contributed by atoms with van der Waals surface area (Å²) >= 11 is 0. The Bertz CT molecular complexity index is 844. The predicted octanol–water partition coefficient (Wildman–Crippen LogP) is 1.88. The van der Waals surface area contributed by atoms with Gasteiger partial charge in [0.1, 0.15) is 5.82 Å². The second kappa shape index (κ2) is 9.39. The molecule has 0 saturated heterocycles. The normalized spacial score (nSPS) is 14.0. The molecule has 1 fully saturated rings. The second-order valence-corrected chi connectivity index (χ2v) is 7.24. The van der Waals surface area contributed by atoms with Crippen molar-refractivity contribution >= 4 is 28.6 Å². The summed E-state index contributed by atoms with van der Waals surface area (Å²) in [5.74, 6) is 2.08. The molecule has 0 spiro atoms. The molecule has 1 saturated carbocycles. The number of nitrogens with zero attached hydrogens (tertiary/aromatic N) is 3. The first-order valence-corrected chi connectivity index (χ1v) is 9.94. The maximum atomic E-state index is 11.7. The average Bonchev–Trinajstić information content (AvgIpc) is 3.54. The fourth-order valence-corrected chi connectivity index (χ4v) is 2.95. The molecule has 0 radical (unpaired) electrons. The van der Waals surface area contributed by atoms with Crippen molar-refractivity contribution in [2.75, 3.05) is 38.6 Å². The first-order valence-electron chi connectivity index (χ1n) is 9.94. The second-order valence-electron chi connectivity index (χ2n) is 7.24. The monoisotopic (exact) mass is 382 g/mol. The maximum Gasteiger partial charge on any atom is 0.223 e. The lowest BCUT2D eigenvalue weighted by Crippen LogP contribution is -2.41. The zero-order valence-corrected chi connectivity index (χ0v) is 17.0. The van der Waals surface area contributed by atoms with Gasteiger partial charge in [0.25, 0.3) is 0 Å². The van der Waals surface area contributed by atoms with E-state index in [1.807, 2.05) is 44.1 Å². The van der Waals surface area contributed by atoms with Gasteiger partial charge in [-0.05, 0) is 37.5 Å². The molecule has 150 valence electrons. The van der Waals surface area contributed by atoms with E-state index in [-0.39, 0.29) is 11.8 Å². The Morgan fingerprint density at radius 1 is 1.18 bits per heavy atom. The molecule has 1 aromatic heterocycles. The van der Waals surface area contributed by atoms with Crippen LogP contribution >= 0.6 is 0 Å². The number of guanidine groups is 1. The number of para-hydroxylation sites is 1.